The number of carbonyl (C=O) groups excluding carboxylic acids is 2. The number of hydrogen-bond donors (Lipinski definition) is 4. The van der Waals surface area contributed by atoms with Gasteiger partial charge in [0, 0.05) is 13.1 Å². The van der Waals surface area contributed by atoms with Gasteiger partial charge < -0.3 is 21.3 Å². The lowest BCUT2D eigenvalue weighted by atomic mass is 9.99. The molecule has 0 radical (unpaired) electrons. The number of benzene rings is 4. The maximum atomic E-state index is 12.6. The maximum Gasteiger partial charge on any atom is 0.315 e. The molecular formula is C40H50N4O2. The summed E-state index contributed by atoms with van der Waals surface area (Å²) in [5, 5.41) is 12.4. The van der Waals surface area contributed by atoms with E-state index in [1.165, 1.54) is 38.5 Å². The zero-order chi connectivity index (χ0) is 32.1. The Hall–Kier alpha value is -4.58. The van der Waals surface area contributed by atoms with E-state index in [0.29, 0.717) is 13.1 Å². The van der Waals surface area contributed by atoms with E-state index in [-0.39, 0.29) is 24.1 Å². The second kappa shape index (κ2) is 20.5. The Kier molecular flexibility index (Phi) is 15.2. The lowest BCUT2D eigenvalue weighted by Crippen LogP contribution is -2.38. The summed E-state index contributed by atoms with van der Waals surface area (Å²) in [6.45, 7) is 1.38. The van der Waals surface area contributed by atoms with Crippen LogP contribution in [-0.4, -0.2) is 25.2 Å². The topological polar surface area (TPSA) is 82.3 Å². The summed E-state index contributed by atoms with van der Waals surface area (Å²) in [5.74, 6) is 0. The minimum atomic E-state index is -0.171. The number of unbranched alkanes of at least 4 members (excludes halogenated alkanes) is 9. The molecule has 0 aromatic heterocycles. The molecule has 0 saturated carbocycles. The van der Waals surface area contributed by atoms with Crippen LogP contribution in [0.3, 0.4) is 0 Å². The van der Waals surface area contributed by atoms with Gasteiger partial charge >= 0.3 is 12.1 Å². The third-order valence-corrected chi connectivity index (χ3v) is 8.26. The van der Waals surface area contributed by atoms with Gasteiger partial charge in [0.25, 0.3) is 0 Å². The van der Waals surface area contributed by atoms with Gasteiger partial charge in [-0.05, 0) is 35.1 Å². The molecule has 4 rings (SSSR count). The minimum Gasteiger partial charge on any atom is -0.338 e. The van der Waals surface area contributed by atoms with Crippen molar-refractivity contribution >= 4 is 12.1 Å². The largest absolute Gasteiger partial charge is 0.338 e. The fraction of sp³-hybridized carbons (Fsp3) is 0.350. The van der Waals surface area contributed by atoms with Gasteiger partial charge in [0.05, 0.1) is 12.1 Å². The Morgan fingerprint density at radius 2 is 0.609 bits per heavy atom. The van der Waals surface area contributed by atoms with Gasteiger partial charge in [-0.15, -0.1) is 0 Å². The molecule has 4 aromatic rings. The van der Waals surface area contributed by atoms with Crippen LogP contribution < -0.4 is 21.3 Å². The number of amides is 4. The molecule has 242 valence electrons. The van der Waals surface area contributed by atoms with E-state index >= 15 is 0 Å². The number of hydrogen-bond acceptors (Lipinski definition) is 2. The molecule has 0 fully saturated rings. The summed E-state index contributed by atoms with van der Waals surface area (Å²) >= 11 is 0. The molecule has 6 heteroatoms. The standard InChI is InChI=1S/C40H50N4O2/c45-39(43-37(33-23-13-9-14-24-33)34-25-15-10-16-26-34)41-31-21-7-5-3-1-2-4-6-8-22-32-42-40(46)44-38(35-27-17-11-18-28-35)36-29-19-12-20-30-36/h9-20,23-30,37-38H,1-8,21-22,31-32H2,(H2,41,43,45)(H2,42,44,46). The van der Waals surface area contributed by atoms with Crippen molar-refractivity contribution in [3.05, 3.63) is 144 Å². The number of rotatable bonds is 19. The molecule has 46 heavy (non-hydrogen) atoms. The Morgan fingerprint density at radius 1 is 0.370 bits per heavy atom. The smallest absolute Gasteiger partial charge is 0.315 e. The van der Waals surface area contributed by atoms with Crippen LogP contribution in [-0.2, 0) is 0 Å². The van der Waals surface area contributed by atoms with Gasteiger partial charge in [0.2, 0.25) is 0 Å². The van der Waals surface area contributed by atoms with Gasteiger partial charge in [-0.25, -0.2) is 9.59 Å². The number of nitrogens with one attached hydrogen (secondary N) is 4. The first-order chi connectivity index (χ1) is 22.7. The van der Waals surface area contributed by atoms with Crippen LogP contribution in [0.1, 0.15) is 98.5 Å². The monoisotopic (exact) mass is 618 g/mol. The van der Waals surface area contributed by atoms with Crippen LogP contribution in [0.5, 0.6) is 0 Å². The number of carbonyl (C=O) groups is 2. The van der Waals surface area contributed by atoms with Crippen LogP contribution in [0.2, 0.25) is 0 Å². The molecule has 0 aliphatic heterocycles. The maximum absolute atomic E-state index is 12.6. The van der Waals surface area contributed by atoms with E-state index in [0.717, 1.165) is 47.9 Å². The van der Waals surface area contributed by atoms with Crippen molar-refractivity contribution in [2.45, 2.75) is 76.3 Å². The van der Waals surface area contributed by atoms with Crippen molar-refractivity contribution < 1.29 is 9.59 Å². The first-order valence-electron chi connectivity index (χ1n) is 17.0. The summed E-state index contributed by atoms with van der Waals surface area (Å²) in [4.78, 5) is 25.3. The highest BCUT2D eigenvalue weighted by molar-refractivity contribution is 5.75. The summed E-state index contributed by atoms with van der Waals surface area (Å²) in [6.07, 6.45) is 11.6. The zero-order valence-corrected chi connectivity index (χ0v) is 27.0. The number of urea groups is 2. The van der Waals surface area contributed by atoms with Crippen molar-refractivity contribution in [2.24, 2.45) is 0 Å². The predicted molar refractivity (Wildman–Crippen MR) is 189 cm³/mol. The van der Waals surface area contributed by atoms with Crippen molar-refractivity contribution in [1.29, 1.82) is 0 Å². The minimum absolute atomic E-state index is 0.128. The molecule has 0 aliphatic rings. The first kappa shape index (κ1) is 34.3. The van der Waals surface area contributed by atoms with E-state index in [2.05, 4.69) is 21.3 Å². The van der Waals surface area contributed by atoms with Gasteiger partial charge in [-0.3, -0.25) is 0 Å². The first-order valence-corrected chi connectivity index (χ1v) is 17.0. The Balaban J connectivity index is 0.984. The molecule has 4 N–H and O–H groups in total. The average Bonchev–Trinajstić information content (AvgIpc) is 3.11. The summed E-state index contributed by atoms with van der Waals surface area (Å²) in [7, 11) is 0. The van der Waals surface area contributed by atoms with E-state index in [1.807, 2.05) is 121 Å². The molecule has 0 heterocycles. The summed E-state index contributed by atoms with van der Waals surface area (Å²) in [6, 6.07) is 39.7. The molecule has 0 aliphatic carbocycles. The fourth-order valence-corrected chi connectivity index (χ4v) is 5.73. The van der Waals surface area contributed by atoms with Crippen molar-refractivity contribution in [2.75, 3.05) is 13.1 Å². The molecule has 0 unspecified atom stereocenters. The highest BCUT2D eigenvalue weighted by Crippen LogP contribution is 2.22. The van der Waals surface area contributed by atoms with Gasteiger partial charge in [-0.1, -0.05) is 173 Å². The second-order valence-corrected chi connectivity index (χ2v) is 11.8. The second-order valence-electron chi connectivity index (χ2n) is 11.8. The van der Waals surface area contributed by atoms with Crippen molar-refractivity contribution in [1.82, 2.24) is 21.3 Å². The SMILES string of the molecule is O=C(NCCCCCCCCCCCCNC(=O)NC(c1ccccc1)c1ccccc1)NC(c1ccccc1)c1ccccc1. The molecule has 4 aromatic carbocycles. The summed E-state index contributed by atoms with van der Waals surface area (Å²) in [5.41, 5.74) is 4.28. The van der Waals surface area contributed by atoms with Crippen LogP contribution in [0, 0.1) is 0 Å². The highest BCUT2D eigenvalue weighted by Gasteiger charge is 2.17. The third kappa shape index (κ3) is 12.4. The molecule has 0 spiro atoms. The lowest BCUT2D eigenvalue weighted by Gasteiger charge is -2.20. The van der Waals surface area contributed by atoms with Crippen molar-refractivity contribution in [3.63, 3.8) is 0 Å². The zero-order valence-electron chi connectivity index (χ0n) is 27.0. The van der Waals surface area contributed by atoms with E-state index in [1.54, 1.807) is 0 Å². The molecule has 0 atom stereocenters. The fourth-order valence-electron chi connectivity index (χ4n) is 5.73. The van der Waals surface area contributed by atoms with Crippen LogP contribution in [0.25, 0.3) is 0 Å². The molecule has 4 amide bonds. The predicted octanol–water partition coefficient (Wildman–Crippen LogP) is 9.07. The highest BCUT2D eigenvalue weighted by atomic mass is 16.2. The Morgan fingerprint density at radius 3 is 0.870 bits per heavy atom. The lowest BCUT2D eigenvalue weighted by molar-refractivity contribution is 0.237. The van der Waals surface area contributed by atoms with Crippen molar-refractivity contribution in [3.8, 4) is 0 Å². The van der Waals surface area contributed by atoms with Gasteiger partial charge in [0.1, 0.15) is 0 Å². The Bertz CT molecular complexity index is 1200. The molecular weight excluding hydrogens is 568 g/mol. The van der Waals surface area contributed by atoms with Crippen LogP contribution >= 0.6 is 0 Å². The van der Waals surface area contributed by atoms with Crippen LogP contribution in [0.15, 0.2) is 121 Å². The summed E-state index contributed by atoms with van der Waals surface area (Å²) < 4.78 is 0. The normalized spacial score (nSPS) is 10.9. The van der Waals surface area contributed by atoms with E-state index < -0.39 is 0 Å². The third-order valence-electron chi connectivity index (χ3n) is 8.26. The molecule has 0 bridgehead atoms. The van der Waals surface area contributed by atoms with Gasteiger partial charge in [0.15, 0.2) is 0 Å². The quantitative estimate of drug-likeness (QED) is 0.0791. The van der Waals surface area contributed by atoms with Crippen LogP contribution in [0.4, 0.5) is 9.59 Å². The van der Waals surface area contributed by atoms with E-state index in [4.69, 9.17) is 0 Å². The molecule has 6 nitrogen and oxygen atoms in total. The Labute approximate surface area is 275 Å². The molecule has 0 saturated heterocycles. The van der Waals surface area contributed by atoms with Gasteiger partial charge in [-0.2, -0.15) is 0 Å². The van der Waals surface area contributed by atoms with E-state index in [9.17, 15) is 9.59 Å². The average molecular weight is 619 g/mol.